The van der Waals surface area contributed by atoms with E-state index in [0.29, 0.717) is 11.3 Å². The van der Waals surface area contributed by atoms with Crippen LogP contribution in [-0.2, 0) is 0 Å². The number of hydrogen-bond donors (Lipinski definition) is 2. The van der Waals surface area contributed by atoms with Crippen LogP contribution in [0.1, 0.15) is 6.42 Å². The van der Waals surface area contributed by atoms with Gasteiger partial charge in [-0.25, -0.2) is 0 Å². The Labute approximate surface area is 49.9 Å². The summed E-state index contributed by atoms with van der Waals surface area (Å²) in [5, 5.41) is 3.67. The number of nitrogens with one attached hydrogen (secondary N) is 1. The predicted molar refractivity (Wildman–Crippen MR) is 34.5 cm³/mol. The fraction of sp³-hybridized carbons (Fsp3) is 0.800. The Morgan fingerprint density at radius 3 is 2.57 bits per heavy atom. The van der Waals surface area contributed by atoms with Crippen LogP contribution in [0.25, 0.3) is 0 Å². The Morgan fingerprint density at radius 2 is 2.43 bits per heavy atom. The second-order valence-electron chi connectivity index (χ2n) is 1.92. The van der Waals surface area contributed by atoms with Gasteiger partial charge in [-0.15, -0.1) is 0 Å². The molecule has 1 rings (SSSR count). The van der Waals surface area contributed by atoms with E-state index in [4.69, 9.17) is 0 Å². The third kappa shape index (κ3) is 1.10. The van der Waals surface area contributed by atoms with E-state index in [2.05, 4.69) is 24.9 Å². The first-order valence-corrected chi connectivity index (χ1v) is 3.07. The Kier molecular flexibility index (Phi) is 1.60. The van der Waals surface area contributed by atoms with Gasteiger partial charge in [-0.1, -0.05) is 0 Å². The van der Waals surface area contributed by atoms with Crippen molar-refractivity contribution in [2.45, 2.75) is 17.7 Å². The minimum atomic E-state index is 0.378. The van der Waals surface area contributed by atoms with Crippen molar-refractivity contribution in [2.75, 3.05) is 6.54 Å². The summed E-state index contributed by atoms with van der Waals surface area (Å²) >= 11 is 4.26. The molecule has 0 bridgehead atoms. The monoisotopic (exact) mass is 116 g/mol. The van der Waals surface area contributed by atoms with Crippen molar-refractivity contribution in [2.24, 2.45) is 0 Å². The Bertz CT molecular complexity index is 57.1. The molecular formula is C5H10NS. The number of rotatable bonds is 0. The van der Waals surface area contributed by atoms with Crippen LogP contribution >= 0.6 is 12.6 Å². The lowest BCUT2D eigenvalue weighted by molar-refractivity contribution is 0.734. The van der Waals surface area contributed by atoms with Crippen LogP contribution in [0.4, 0.5) is 0 Å². The van der Waals surface area contributed by atoms with Crippen molar-refractivity contribution in [3.05, 3.63) is 6.92 Å². The van der Waals surface area contributed by atoms with Crippen molar-refractivity contribution in [3.63, 3.8) is 0 Å². The zero-order chi connectivity index (χ0) is 5.28. The van der Waals surface area contributed by atoms with Gasteiger partial charge in [0.25, 0.3) is 0 Å². The summed E-state index contributed by atoms with van der Waals surface area (Å²) in [4.78, 5) is 0. The van der Waals surface area contributed by atoms with E-state index in [1.54, 1.807) is 0 Å². The van der Waals surface area contributed by atoms with Gasteiger partial charge in [-0.05, 0) is 19.9 Å². The average Bonchev–Trinajstić information content (AvgIpc) is 1.91. The maximum absolute atomic E-state index is 4.26. The zero-order valence-electron chi connectivity index (χ0n) is 4.22. The van der Waals surface area contributed by atoms with Crippen molar-refractivity contribution in [3.8, 4) is 0 Å². The summed E-state index contributed by atoms with van der Waals surface area (Å²) < 4.78 is 0. The van der Waals surface area contributed by atoms with Crippen molar-refractivity contribution in [1.29, 1.82) is 0 Å². The highest BCUT2D eigenvalue weighted by Gasteiger charge is 2.17. The van der Waals surface area contributed by atoms with Crippen LogP contribution in [0.5, 0.6) is 0 Å². The third-order valence-corrected chi connectivity index (χ3v) is 1.93. The van der Waals surface area contributed by atoms with Gasteiger partial charge in [0.15, 0.2) is 0 Å². The van der Waals surface area contributed by atoms with E-state index < -0.39 is 0 Å². The minimum absolute atomic E-state index is 0.378. The molecule has 1 heterocycles. The maximum Gasteiger partial charge on any atom is 0.0185 e. The van der Waals surface area contributed by atoms with Gasteiger partial charge in [0.2, 0.25) is 0 Å². The number of thiol groups is 1. The van der Waals surface area contributed by atoms with E-state index in [0.717, 1.165) is 13.0 Å². The topological polar surface area (TPSA) is 12.0 Å². The fourth-order valence-corrected chi connectivity index (χ4v) is 0.988. The van der Waals surface area contributed by atoms with Gasteiger partial charge in [0, 0.05) is 11.3 Å². The van der Waals surface area contributed by atoms with Crippen LogP contribution in [-0.4, -0.2) is 17.8 Å². The van der Waals surface area contributed by atoms with Gasteiger partial charge in [-0.2, -0.15) is 12.6 Å². The van der Waals surface area contributed by atoms with Crippen LogP contribution < -0.4 is 5.32 Å². The van der Waals surface area contributed by atoms with E-state index >= 15 is 0 Å². The molecule has 1 fully saturated rings. The zero-order valence-corrected chi connectivity index (χ0v) is 5.12. The summed E-state index contributed by atoms with van der Waals surface area (Å²) in [6.45, 7) is 4.92. The Morgan fingerprint density at radius 1 is 1.71 bits per heavy atom. The molecule has 0 spiro atoms. The molecule has 0 aromatic heterocycles. The smallest absolute Gasteiger partial charge is 0.0185 e. The molecule has 1 nitrogen and oxygen atoms in total. The quantitative estimate of drug-likeness (QED) is 0.439. The first kappa shape index (κ1) is 5.45. The van der Waals surface area contributed by atoms with E-state index in [1.807, 2.05) is 0 Å². The normalized spacial score (nSPS) is 42.0. The molecule has 0 aromatic carbocycles. The number of hydrogen-bond acceptors (Lipinski definition) is 2. The molecule has 2 unspecified atom stereocenters. The summed E-state index contributed by atoms with van der Waals surface area (Å²) in [6.07, 6.45) is 1.16. The van der Waals surface area contributed by atoms with Crippen molar-refractivity contribution >= 4 is 12.6 Å². The molecule has 7 heavy (non-hydrogen) atoms. The highest BCUT2D eigenvalue weighted by Crippen LogP contribution is 2.11. The Hall–Kier alpha value is 0.310. The van der Waals surface area contributed by atoms with Gasteiger partial charge in [0.05, 0.1) is 0 Å². The van der Waals surface area contributed by atoms with Crippen molar-refractivity contribution < 1.29 is 0 Å². The van der Waals surface area contributed by atoms with Crippen LogP contribution in [0.15, 0.2) is 0 Å². The minimum Gasteiger partial charge on any atom is -0.313 e. The molecule has 0 saturated carbocycles. The maximum atomic E-state index is 4.26. The predicted octanol–water partition coefficient (Wildman–Crippen LogP) is 0.481. The summed E-state index contributed by atoms with van der Waals surface area (Å²) in [6, 6.07) is 0.378. The molecule has 41 valence electrons. The van der Waals surface area contributed by atoms with Crippen molar-refractivity contribution in [1.82, 2.24) is 5.32 Å². The SMILES string of the molecule is [CH2]C1NCCC1S. The molecule has 0 amide bonds. The lowest BCUT2D eigenvalue weighted by atomic mass is 10.2. The molecule has 0 aromatic rings. The lowest BCUT2D eigenvalue weighted by Gasteiger charge is -2.04. The molecular weight excluding hydrogens is 106 g/mol. The lowest BCUT2D eigenvalue weighted by Crippen LogP contribution is -2.23. The third-order valence-electron chi connectivity index (χ3n) is 1.31. The first-order valence-electron chi connectivity index (χ1n) is 2.55. The van der Waals surface area contributed by atoms with Gasteiger partial charge in [0.1, 0.15) is 0 Å². The van der Waals surface area contributed by atoms with Gasteiger partial charge >= 0.3 is 0 Å². The first-order chi connectivity index (χ1) is 3.30. The van der Waals surface area contributed by atoms with Crippen LogP contribution in [0, 0.1) is 6.92 Å². The molecule has 1 saturated heterocycles. The van der Waals surface area contributed by atoms with E-state index in [1.165, 1.54) is 0 Å². The fourth-order valence-electron chi connectivity index (χ4n) is 0.754. The van der Waals surface area contributed by atoms with Gasteiger partial charge < -0.3 is 5.32 Å². The van der Waals surface area contributed by atoms with E-state index in [-0.39, 0.29) is 0 Å². The molecule has 2 atom stereocenters. The highest BCUT2D eigenvalue weighted by atomic mass is 32.1. The second kappa shape index (κ2) is 2.05. The largest absolute Gasteiger partial charge is 0.313 e. The summed E-state index contributed by atoms with van der Waals surface area (Å²) in [5.41, 5.74) is 0. The average molecular weight is 116 g/mol. The second-order valence-corrected chi connectivity index (χ2v) is 2.58. The summed E-state index contributed by atoms with van der Waals surface area (Å²) in [5.74, 6) is 0. The van der Waals surface area contributed by atoms with Crippen LogP contribution in [0.2, 0.25) is 0 Å². The molecule has 1 N–H and O–H groups in total. The standard InChI is InChI=1S/C5H10NS/c1-4-5(7)2-3-6-4/h4-7H,1-3H2. The van der Waals surface area contributed by atoms with Gasteiger partial charge in [-0.3, -0.25) is 0 Å². The summed E-state index contributed by atoms with van der Waals surface area (Å²) in [7, 11) is 0. The van der Waals surface area contributed by atoms with Crippen LogP contribution in [0.3, 0.4) is 0 Å². The molecule has 2 heteroatoms. The Balaban J connectivity index is 2.33. The molecule has 1 aliphatic rings. The molecule has 1 aliphatic heterocycles. The highest BCUT2D eigenvalue weighted by molar-refractivity contribution is 7.81. The molecule has 1 radical (unpaired) electrons. The van der Waals surface area contributed by atoms with E-state index in [9.17, 15) is 0 Å². The molecule has 0 aliphatic carbocycles.